The highest BCUT2D eigenvalue weighted by Gasteiger charge is 2.44. The Morgan fingerprint density at radius 1 is 1.11 bits per heavy atom. The first-order chi connectivity index (χ1) is 12.4. The predicted molar refractivity (Wildman–Crippen MR) is 81.7 cm³/mol. The summed E-state index contributed by atoms with van der Waals surface area (Å²) >= 11 is 5.71. The third-order valence-electron chi connectivity index (χ3n) is 3.95. The minimum absolute atomic E-state index is 0.0294. The molecular weight excluding hydrogens is 404 g/mol. The number of anilines is 1. The van der Waals surface area contributed by atoms with Gasteiger partial charge in [0.25, 0.3) is 0 Å². The Labute approximate surface area is 152 Å². The van der Waals surface area contributed by atoms with Crippen molar-refractivity contribution < 1.29 is 36.2 Å². The van der Waals surface area contributed by atoms with Crippen LogP contribution >= 0.6 is 11.6 Å². The van der Waals surface area contributed by atoms with Gasteiger partial charge in [-0.15, -0.1) is 0 Å². The van der Waals surface area contributed by atoms with Crippen molar-refractivity contribution in [1.82, 2.24) is 9.78 Å². The number of alkyl halides is 6. The Hall–Kier alpha value is -2.43. The molecule has 12 heteroatoms. The van der Waals surface area contributed by atoms with E-state index in [-0.39, 0.29) is 36.0 Å². The maximum absolute atomic E-state index is 13.1. The van der Waals surface area contributed by atoms with Crippen molar-refractivity contribution in [3.63, 3.8) is 0 Å². The van der Waals surface area contributed by atoms with Gasteiger partial charge in [0.2, 0.25) is 0 Å². The Kier molecular flexibility index (Phi) is 4.53. The highest BCUT2D eigenvalue weighted by atomic mass is 35.5. The van der Waals surface area contributed by atoms with Gasteiger partial charge in [0, 0.05) is 18.1 Å². The van der Waals surface area contributed by atoms with E-state index in [4.69, 9.17) is 11.6 Å². The standard InChI is InChI=1S/C15H10ClF6N3O2/c16-9-4-7(3-8(5-9)14(17,18)19)6-24-1-2-25-12(24)10(13(26)27)11(23-25)15(20,21)22/h3-5H,1-2,6H2,(H,26,27). The summed E-state index contributed by atoms with van der Waals surface area (Å²) in [6, 6.07) is 2.78. The van der Waals surface area contributed by atoms with Crippen molar-refractivity contribution in [2.45, 2.75) is 25.4 Å². The van der Waals surface area contributed by atoms with Gasteiger partial charge in [0.05, 0.1) is 12.1 Å². The first-order valence-electron chi connectivity index (χ1n) is 7.41. The van der Waals surface area contributed by atoms with Gasteiger partial charge in [0.1, 0.15) is 11.4 Å². The molecule has 2 heterocycles. The second-order valence-corrected chi connectivity index (χ2v) is 6.28. The summed E-state index contributed by atoms with van der Waals surface area (Å²) in [5.74, 6) is -2.12. The highest BCUT2D eigenvalue weighted by Crippen LogP contribution is 2.39. The number of aromatic carboxylic acids is 1. The van der Waals surface area contributed by atoms with E-state index in [1.807, 2.05) is 0 Å². The van der Waals surface area contributed by atoms with Gasteiger partial charge in [-0.05, 0) is 23.8 Å². The lowest BCUT2D eigenvalue weighted by molar-refractivity contribution is -0.142. The number of nitrogens with zero attached hydrogens (tertiary/aromatic N) is 3. The van der Waals surface area contributed by atoms with Gasteiger partial charge < -0.3 is 10.0 Å². The molecule has 0 bridgehead atoms. The SMILES string of the molecule is O=C(O)c1c(C(F)(F)F)nn2c1N(Cc1cc(Cl)cc(C(F)(F)F)c1)CC2. The number of benzene rings is 1. The van der Waals surface area contributed by atoms with Crippen molar-refractivity contribution in [2.75, 3.05) is 11.4 Å². The second kappa shape index (κ2) is 6.32. The van der Waals surface area contributed by atoms with Crippen molar-refractivity contribution in [3.8, 4) is 0 Å². The Bertz CT molecular complexity index is 906. The van der Waals surface area contributed by atoms with E-state index in [0.29, 0.717) is 0 Å². The molecule has 27 heavy (non-hydrogen) atoms. The van der Waals surface area contributed by atoms with Gasteiger partial charge in [0.15, 0.2) is 5.69 Å². The zero-order valence-electron chi connectivity index (χ0n) is 13.2. The topological polar surface area (TPSA) is 58.4 Å². The molecule has 2 aromatic rings. The van der Waals surface area contributed by atoms with Crippen molar-refractivity contribution in [1.29, 1.82) is 0 Å². The minimum Gasteiger partial charge on any atom is -0.477 e. The zero-order valence-corrected chi connectivity index (χ0v) is 14.0. The smallest absolute Gasteiger partial charge is 0.436 e. The Balaban J connectivity index is 2.01. The maximum Gasteiger partial charge on any atom is 0.436 e. The molecule has 1 N–H and O–H groups in total. The fourth-order valence-electron chi connectivity index (χ4n) is 2.93. The molecule has 0 amide bonds. The molecule has 0 saturated carbocycles. The van der Waals surface area contributed by atoms with Crippen LogP contribution in [0.1, 0.15) is 27.2 Å². The molecule has 0 unspecified atom stereocenters. The van der Waals surface area contributed by atoms with Crippen LogP contribution < -0.4 is 4.90 Å². The molecule has 1 aromatic carbocycles. The Morgan fingerprint density at radius 2 is 1.78 bits per heavy atom. The van der Waals surface area contributed by atoms with E-state index >= 15 is 0 Å². The summed E-state index contributed by atoms with van der Waals surface area (Å²) in [6.07, 6.45) is -9.63. The molecule has 146 valence electrons. The first kappa shape index (κ1) is 19.3. The average molecular weight is 414 g/mol. The molecule has 0 spiro atoms. The first-order valence-corrected chi connectivity index (χ1v) is 7.78. The van der Waals surface area contributed by atoms with Crippen LogP contribution in [-0.4, -0.2) is 27.4 Å². The quantitative estimate of drug-likeness (QED) is 0.763. The number of aromatic nitrogens is 2. The van der Waals surface area contributed by atoms with Gasteiger partial charge >= 0.3 is 18.3 Å². The summed E-state index contributed by atoms with van der Waals surface area (Å²) in [6.45, 7) is -0.195. The fourth-order valence-corrected chi connectivity index (χ4v) is 3.18. The van der Waals surface area contributed by atoms with Crippen molar-refractivity contribution in [3.05, 3.63) is 45.6 Å². The van der Waals surface area contributed by atoms with Gasteiger partial charge in [-0.1, -0.05) is 11.6 Å². The minimum atomic E-state index is -4.98. The number of halogens is 7. The normalized spacial score (nSPS) is 14.6. The largest absolute Gasteiger partial charge is 0.477 e. The third-order valence-corrected chi connectivity index (χ3v) is 4.17. The number of rotatable bonds is 3. The van der Waals surface area contributed by atoms with Crippen LogP contribution in [0.15, 0.2) is 18.2 Å². The number of carbonyl (C=O) groups is 1. The van der Waals surface area contributed by atoms with Crippen LogP contribution in [0.4, 0.5) is 32.2 Å². The van der Waals surface area contributed by atoms with Crippen LogP contribution in [0, 0.1) is 0 Å². The molecule has 0 atom stereocenters. The summed E-state index contributed by atoms with van der Waals surface area (Å²) in [5.41, 5.74) is -3.50. The molecule has 1 aliphatic rings. The van der Waals surface area contributed by atoms with Gasteiger partial charge in [-0.2, -0.15) is 31.4 Å². The molecular formula is C15H10ClF6N3O2. The van der Waals surface area contributed by atoms with E-state index in [9.17, 15) is 36.2 Å². The molecule has 1 aliphatic heterocycles. The van der Waals surface area contributed by atoms with Gasteiger partial charge in [-0.3, -0.25) is 0 Å². The molecule has 0 saturated heterocycles. The van der Waals surface area contributed by atoms with E-state index < -0.39 is 35.1 Å². The van der Waals surface area contributed by atoms with Crippen LogP contribution in [0.25, 0.3) is 0 Å². The molecule has 1 aromatic heterocycles. The average Bonchev–Trinajstić information content (AvgIpc) is 3.05. The summed E-state index contributed by atoms with van der Waals surface area (Å²) < 4.78 is 78.8. The fraction of sp³-hybridized carbons (Fsp3) is 0.333. The van der Waals surface area contributed by atoms with Crippen LogP contribution in [0.3, 0.4) is 0 Å². The number of hydrogen-bond acceptors (Lipinski definition) is 3. The third kappa shape index (κ3) is 3.68. The van der Waals surface area contributed by atoms with E-state index in [1.165, 1.54) is 11.0 Å². The highest BCUT2D eigenvalue weighted by molar-refractivity contribution is 6.30. The Morgan fingerprint density at radius 3 is 2.33 bits per heavy atom. The lowest BCUT2D eigenvalue weighted by atomic mass is 10.1. The zero-order chi connectivity index (χ0) is 20.1. The summed E-state index contributed by atoms with van der Waals surface area (Å²) in [7, 11) is 0. The van der Waals surface area contributed by atoms with E-state index in [0.717, 1.165) is 16.8 Å². The number of hydrogen-bond donors (Lipinski definition) is 1. The second-order valence-electron chi connectivity index (χ2n) is 5.84. The number of fused-ring (bicyclic) bond motifs is 1. The van der Waals surface area contributed by atoms with Crippen molar-refractivity contribution >= 4 is 23.4 Å². The van der Waals surface area contributed by atoms with Crippen LogP contribution in [-0.2, 0) is 25.4 Å². The molecule has 5 nitrogen and oxygen atoms in total. The summed E-state index contributed by atoms with van der Waals surface area (Å²) in [4.78, 5) is 12.6. The molecule has 3 rings (SSSR count). The maximum atomic E-state index is 13.1. The van der Waals surface area contributed by atoms with E-state index in [1.54, 1.807) is 0 Å². The molecule has 0 radical (unpaired) electrons. The summed E-state index contributed by atoms with van der Waals surface area (Å²) in [5, 5.41) is 12.3. The number of carboxylic acid groups (broad SMARTS) is 1. The lowest BCUT2D eigenvalue weighted by Crippen LogP contribution is -2.23. The van der Waals surface area contributed by atoms with Gasteiger partial charge in [-0.25, -0.2) is 9.48 Å². The predicted octanol–water partition coefficient (Wildman–Crippen LogP) is 4.29. The van der Waals surface area contributed by atoms with Crippen LogP contribution in [0.5, 0.6) is 0 Å². The molecule has 0 fully saturated rings. The lowest BCUT2D eigenvalue weighted by Gasteiger charge is -2.19. The van der Waals surface area contributed by atoms with Crippen LogP contribution in [0.2, 0.25) is 5.02 Å². The number of carboxylic acids is 1. The molecule has 0 aliphatic carbocycles. The van der Waals surface area contributed by atoms with Crippen molar-refractivity contribution in [2.24, 2.45) is 0 Å². The van der Waals surface area contributed by atoms with E-state index in [2.05, 4.69) is 5.10 Å². The monoisotopic (exact) mass is 413 g/mol.